The quantitative estimate of drug-likeness (QED) is 0.499. The third-order valence-electron chi connectivity index (χ3n) is 6.94. The van der Waals surface area contributed by atoms with Crippen molar-refractivity contribution in [2.45, 2.75) is 91.3 Å². The molecule has 0 radical (unpaired) electrons. The van der Waals surface area contributed by atoms with E-state index >= 15 is 0 Å². The lowest BCUT2D eigenvalue weighted by Gasteiger charge is -2.46. The SMILES string of the molecule is CCOC(=O)COC1CCC(C(C)(C)C2CCC(OCC(=O)OCC)CC2)CC1. The highest BCUT2D eigenvalue weighted by molar-refractivity contribution is 5.70. The molecule has 0 spiro atoms. The Kier molecular flexibility index (Phi) is 9.90. The van der Waals surface area contributed by atoms with Crippen LogP contribution in [-0.2, 0) is 28.5 Å². The first-order valence-corrected chi connectivity index (χ1v) is 11.4. The number of carbonyl (C=O) groups excluding carboxylic acids is 2. The Labute approximate surface area is 176 Å². The fourth-order valence-electron chi connectivity index (χ4n) is 5.06. The van der Waals surface area contributed by atoms with Crippen molar-refractivity contribution >= 4 is 11.9 Å². The fraction of sp³-hybridized carbons (Fsp3) is 0.913. The largest absolute Gasteiger partial charge is 0.464 e. The number of hydrogen-bond acceptors (Lipinski definition) is 6. The molecule has 0 aromatic rings. The van der Waals surface area contributed by atoms with Gasteiger partial charge in [-0.25, -0.2) is 9.59 Å². The van der Waals surface area contributed by atoms with Crippen molar-refractivity contribution in [2.24, 2.45) is 17.3 Å². The lowest BCUT2D eigenvalue weighted by Crippen LogP contribution is -2.39. The molecule has 168 valence electrons. The van der Waals surface area contributed by atoms with Crippen molar-refractivity contribution in [1.29, 1.82) is 0 Å². The van der Waals surface area contributed by atoms with Crippen LogP contribution in [0.5, 0.6) is 0 Å². The van der Waals surface area contributed by atoms with Crippen LogP contribution >= 0.6 is 0 Å². The van der Waals surface area contributed by atoms with E-state index < -0.39 is 0 Å². The predicted octanol–water partition coefficient (Wildman–Crippen LogP) is 4.29. The Balaban J connectivity index is 1.70. The molecule has 0 saturated heterocycles. The summed E-state index contributed by atoms with van der Waals surface area (Å²) >= 11 is 0. The summed E-state index contributed by atoms with van der Waals surface area (Å²) in [6, 6.07) is 0. The minimum atomic E-state index is -0.267. The Morgan fingerprint density at radius 1 is 0.690 bits per heavy atom. The molecule has 0 unspecified atom stereocenters. The van der Waals surface area contributed by atoms with Crippen molar-refractivity contribution in [3.05, 3.63) is 0 Å². The van der Waals surface area contributed by atoms with E-state index in [0.29, 0.717) is 25.0 Å². The second-order valence-electron chi connectivity index (χ2n) is 9.00. The Hall–Kier alpha value is -1.14. The summed E-state index contributed by atoms with van der Waals surface area (Å²) in [7, 11) is 0. The van der Waals surface area contributed by atoms with Gasteiger partial charge in [-0.15, -0.1) is 0 Å². The second kappa shape index (κ2) is 11.9. The van der Waals surface area contributed by atoms with E-state index in [1.54, 1.807) is 0 Å². The number of ether oxygens (including phenoxy) is 4. The van der Waals surface area contributed by atoms with Crippen LogP contribution in [0.2, 0.25) is 0 Å². The maximum absolute atomic E-state index is 11.5. The molecule has 2 aliphatic carbocycles. The van der Waals surface area contributed by atoms with Gasteiger partial charge in [0.1, 0.15) is 13.2 Å². The Morgan fingerprint density at radius 2 is 1.03 bits per heavy atom. The molecule has 6 heteroatoms. The first kappa shape index (κ1) is 24.1. The van der Waals surface area contributed by atoms with Crippen LogP contribution in [-0.4, -0.2) is 50.6 Å². The summed E-state index contributed by atoms with van der Waals surface area (Å²) in [6.45, 7) is 9.41. The number of rotatable bonds is 10. The molecule has 0 aromatic heterocycles. The summed E-state index contributed by atoms with van der Waals surface area (Å²) < 4.78 is 21.4. The molecule has 0 bridgehead atoms. The normalized spacial score (nSPS) is 28.0. The molecule has 0 aromatic carbocycles. The zero-order chi connectivity index (χ0) is 21.3. The van der Waals surface area contributed by atoms with E-state index in [0.717, 1.165) is 51.4 Å². The van der Waals surface area contributed by atoms with Crippen LogP contribution in [0.25, 0.3) is 0 Å². The molecule has 0 atom stereocenters. The molecule has 0 heterocycles. The van der Waals surface area contributed by atoms with Gasteiger partial charge in [-0.3, -0.25) is 0 Å². The fourth-order valence-corrected chi connectivity index (χ4v) is 5.06. The molecule has 2 saturated carbocycles. The van der Waals surface area contributed by atoms with Gasteiger partial charge in [0.25, 0.3) is 0 Å². The Morgan fingerprint density at radius 3 is 1.34 bits per heavy atom. The maximum atomic E-state index is 11.5. The van der Waals surface area contributed by atoms with Crippen LogP contribution in [0.3, 0.4) is 0 Å². The van der Waals surface area contributed by atoms with Gasteiger partial charge in [0, 0.05) is 0 Å². The molecule has 2 fully saturated rings. The second-order valence-corrected chi connectivity index (χ2v) is 9.00. The smallest absolute Gasteiger partial charge is 0.332 e. The topological polar surface area (TPSA) is 71.1 Å². The van der Waals surface area contributed by atoms with Crippen LogP contribution in [0, 0.1) is 17.3 Å². The lowest BCUT2D eigenvalue weighted by molar-refractivity contribution is -0.151. The molecule has 6 nitrogen and oxygen atoms in total. The highest BCUT2D eigenvalue weighted by Gasteiger charge is 2.40. The minimum absolute atomic E-state index is 0.0718. The van der Waals surface area contributed by atoms with Gasteiger partial charge in [0.05, 0.1) is 25.4 Å². The Bertz CT molecular complexity index is 457. The van der Waals surface area contributed by atoms with Gasteiger partial charge >= 0.3 is 11.9 Å². The molecule has 0 N–H and O–H groups in total. The van der Waals surface area contributed by atoms with Gasteiger partial charge < -0.3 is 18.9 Å². The number of carbonyl (C=O) groups is 2. The first-order valence-electron chi connectivity index (χ1n) is 11.4. The zero-order valence-electron chi connectivity index (χ0n) is 18.7. The molecular weight excluding hydrogens is 372 g/mol. The lowest BCUT2D eigenvalue weighted by atomic mass is 9.60. The summed E-state index contributed by atoms with van der Waals surface area (Å²) in [4.78, 5) is 23.0. The predicted molar refractivity (Wildman–Crippen MR) is 110 cm³/mol. The molecule has 2 rings (SSSR count). The monoisotopic (exact) mass is 412 g/mol. The minimum Gasteiger partial charge on any atom is -0.464 e. The first-order chi connectivity index (χ1) is 13.9. The summed E-state index contributed by atoms with van der Waals surface area (Å²) in [5.41, 5.74) is 0.290. The zero-order valence-corrected chi connectivity index (χ0v) is 18.7. The third kappa shape index (κ3) is 7.56. The number of esters is 2. The van der Waals surface area contributed by atoms with Gasteiger partial charge in [0.2, 0.25) is 0 Å². The van der Waals surface area contributed by atoms with Crippen molar-refractivity contribution in [2.75, 3.05) is 26.4 Å². The standard InChI is InChI=1S/C23H40O6/c1-5-26-21(24)15-28-19-11-7-17(8-12-19)23(3,4)18-9-13-20(14-10-18)29-16-22(25)27-6-2/h17-20H,5-16H2,1-4H3. The highest BCUT2D eigenvalue weighted by atomic mass is 16.6. The molecular formula is C23H40O6. The van der Waals surface area contributed by atoms with Crippen LogP contribution in [0.15, 0.2) is 0 Å². The summed E-state index contributed by atoms with van der Waals surface area (Å²) in [5, 5.41) is 0. The molecule has 29 heavy (non-hydrogen) atoms. The third-order valence-corrected chi connectivity index (χ3v) is 6.94. The summed E-state index contributed by atoms with van der Waals surface area (Å²) in [5.74, 6) is 0.840. The maximum Gasteiger partial charge on any atom is 0.332 e. The van der Waals surface area contributed by atoms with E-state index in [1.807, 2.05) is 13.8 Å². The van der Waals surface area contributed by atoms with Gasteiger partial charge in [-0.1, -0.05) is 13.8 Å². The summed E-state index contributed by atoms with van der Waals surface area (Å²) in [6.07, 6.45) is 9.05. The molecule has 2 aliphatic rings. The molecule has 0 amide bonds. The average Bonchev–Trinajstić information content (AvgIpc) is 2.72. The van der Waals surface area contributed by atoms with E-state index in [4.69, 9.17) is 18.9 Å². The van der Waals surface area contributed by atoms with E-state index in [-0.39, 0.29) is 42.8 Å². The van der Waals surface area contributed by atoms with E-state index in [2.05, 4.69) is 13.8 Å². The van der Waals surface area contributed by atoms with Crippen molar-refractivity contribution in [1.82, 2.24) is 0 Å². The van der Waals surface area contributed by atoms with E-state index in [9.17, 15) is 9.59 Å². The van der Waals surface area contributed by atoms with Crippen molar-refractivity contribution < 1.29 is 28.5 Å². The molecule has 0 aliphatic heterocycles. The van der Waals surface area contributed by atoms with Gasteiger partial charge in [-0.05, 0) is 82.5 Å². The van der Waals surface area contributed by atoms with Gasteiger partial charge in [0.15, 0.2) is 0 Å². The van der Waals surface area contributed by atoms with Crippen LogP contribution < -0.4 is 0 Å². The van der Waals surface area contributed by atoms with E-state index in [1.165, 1.54) is 0 Å². The number of hydrogen-bond donors (Lipinski definition) is 0. The average molecular weight is 413 g/mol. The van der Waals surface area contributed by atoms with Crippen molar-refractivity contribution in [3.8, 4) is 0 Å². The van der Waals surface area contributed by atoms with Crippen LogP contribution in [0.1, 0.15) is 79.1 Å². The highest BCUT2D eigenvalue weighted by Crippen LogP contribution is 2.48. The van der Waals surface area contributed by atoms with Crippen LogP contribution in [0.4, 0.5) is 0 Å². The van der Waals surface area contributed by atoms with Gasteiger partial charge in [-0.2, -0.15) is 0 Å². The van der Waals surface area contributed by atoms with Crippen molar-refractivity contribution in [3.63, 3.8) is 0 Å².